The number of hydrogen-bond acceptors (Lipinski definition) is 5. The van der Waals surface area contributed by atoms with E-state index in [9.17, 15) is 23.8 Å². The van der Waals surface area contributed by atoms with Crippen LogP contribution in [0.15, 0.2) is 48.7 Å². The number of aromatic nitrogens is 1. The van der Waals surface area contributed by atoms with Crippen LogP contribution < -0.4 is 4.74 Å². The van der Waals surface area contributed by atoms with E-state index in [2.05, 4.69) is 9.88 Å². The van der Waals surface area contributed by atoms with Crippen LogP contribution >= 0.6 is 0 Å². The van der Waals surface area contributed by atoms with Crippen LogP contribution in [0, 0.1) is 23.5 Å². The van der Waals surface area contributed by atoms with Gasteiger partial charge in [-0.25, -0.2) is 8.78 Å². The number of pyridine rings is 1. The van der Waals surface area contributed by atoms with Crippen molar-refractivity contribution in [1.29, 1.82) is 0 Å². The molecule has 1 fully saturated rings. The predicted octanol–water partition coefficient (Wildman–Crippen LogP) is 5.38. The van der Waals surface area contributed by atoms with Gasteiger partial charge in [0.05, 0.1) is 18.7 Å². The van der Waals surface area contributed by atoms with Crippen LogP contribution in [0.4, 0.5) is 8.78 Å². The number of carboxylic acid groups (broad SMARTS) is 1. The SMILES string of the molecule is COc1ccc2nccc([C@@H](O)CC[C@@H]3CCN(CCCc4cccc(F)c4F)C[C@@H]3CC(=O)O)c2c1. The smallest absolute Gasteiger partial charge is 0.303 e. The molecule has 0 aliphatic carbocycles. The molecule has 0 bridgehead atoms. The van der Waals surface area contributed by atoms with Gasteiger partial charge < -0.3 is 19.8 Å². The highest BCUT2D eigenvalue weighted by molar-refractivity contribution is 5.83. The average molecular weight is 513 g/mol. The van der Waals surface area contributed by atoms with E-state index in [0.29, 0.717) is 43.7 Å². The number of carboxylic acids is 1. The van der Waals surface area contributed by atoms with Crippen LogP contribution in [0.5, 0.6) is 5.75 Å². The number of ether oxygens (including phenoxy) is 1. The summed E-state index contributed by atoms with van der Waals surface area (Å²) in [6.07, 6.45) is 4.25. The van der Waals surface area contributed by atoms with Crippen LogP contribution in [0.3, 0.4) is 0 Å². The molecule has 2 N–H and O–H groups in total. The van der Waals surface area contributed by atoms with Crippen molar-refractivity contribution in [3.05, 3.63) is 71.4 Å². The number of rotatable bonds is 11. The van der Waals surface area contributed by atoms with Gasteiger partial charge in [-0.2, -0.15) is 0 Å². The second-order valence-corrected chi connectivity index (χ2v) is 9.90. The number of nitrogens with zero attached hydrogens (tertiary/aromatic N) is 2. The number of piperidine rings is 1. The van der Waals surface area contributed by atoms with Crippen molar-refractivity contribution < 1.29 is 28.5 Å². The lowest BCUT2D eigenvalue weighted by molar-refractivity contribution is -0.139. The van der Waals surface area contributed by atoms with E-state index in [1.165, 1.54) is 6.07 Å². The lowest BCUT2D eigenvalue weighted by Crippen LogP contribution is -2.42. The quantitative estimate of drug-likeness (QED) is 0.359. The molecule has 0 saturated carbocycles. The lowest BCUT2D eigenvalue weighted by Gasteiger charge is -2.38. The van der Waals surface area contributed by atoms with Crippen LogP contribution in [0.1, 0.15) is 49.3 Å². The summed E-state index contributed by atoms with van der Waals surface area (Å²) in [7, 11) is 1.60. The molecule has 1 saturated heterocycles. The van der Waals surface area contributed by atoms with Crippen molar-refractivity contribution >= 4 is 16.9 Å². The number of aliphatic hydroxyl groups is 1. The van der Waals surface area contributed by atoms with Crippen molar-refractivity contribution in [3.63, 3.8) is 0 Å². The fourth-order valence-corrected chi connectivity index (χ4v) is 5.52. The molecule has 4 rings (SSSR count). The molecule has 37 heavy (non-hydrogen) atoms. The molecule has 1 aliphatic rings. The number of aliphatic hydroxyl groups excluding tert-OH is 1. The molecule has 6 nitrogen and oxygen atoms in total. The fourth-order valence-electron chi connectivity index (χ4n) is 5.52. The molecule has 3 aromatic rings. The molecule has 0 unspecified atom stereocenters. The maximum absolute atomic E-state index is 13.9. The number of aryl methyl sites for hydroxylation is 1. The van der Waals surface area contributed by atoms with Crippen LogP contribution in [-0.4, -0.2) is 52.8 Å². The van der Waals surface area contributed by atoms with Gasteiger partial charge in [0.15, 0.2) is 11.6 Å². The van der Waals surface area contributed by atoms with E-state index >= 15 is 0 Å². The standard InChI is InChI=1S/C29H34F2N2O4/c1-37-22-8-9-26-24(17-22)23(11-13-32-26)27(34)10-7-19-12-15-33(18-21(19)16-28(35)36)14-3-5-20-4-2-6-25(30)29(20)31/h2,4,6,8-9,11,13,17,19,21,27,34H,3,5,7,10,12,14-16,18H2,1H3,(H,35,36)/t19-,21+,27+/m1/s1. The molecule has 2 heterocycles. The fraction of sp³-hybridized carbons (Fsp3) is 0.448. The summed E-state index contributed by atoms with van der Waals surface area (Å²) in [4.78, 5) is 18.2. The van der Waals surface area contributed by atoms with Gasteiger partial charge in [0.1, 0.15) is 5.75 Å². The van der Waals surface area contributed by atoms with Crippen molar-refractivity contribution in [1.82, 2.24) is 9.88 Å². The third kappa shape index (κ3) is 6.81. The molecule has 1 aromatic heterocycles. The zero-order valence-electron chi connectivity index (χ0n) is 21.1. The minimum absolute atomic E-state index is 0.0290. The van der Waals surface area contributed by atoms with Crippen molar-refractivity contribution in [3.8, 4) is 5.75 Å². The largest absolute Gasteiger partial charge is 0.497 e. The minimum Gasteiger partial charge on any atom is -0.497 e. The first-order valence-electron chi connectivity index (χ1n) is 12.8. The Morgan fingerprint density at radius 1 is 1.22 bits per heavy atom. The van der Waals surface area contributed by atoms with Crippen LogP contribution in [0.25, 0.3) is 10.9 Å². The number of hydrogen-bond donors (Lipinski definition) is 2. The normalized spacial score (nSPS) is 19.1. The van der Waals surface area contributed by atoms with E-state index in [1.807, 2.05) is 24.3 Å². The first kappa shape index (κ1) is 26.9. The van der Waals surface area contributed by atoms with Gasteiger partial charge in [0.25, 0.3) is 0 Å². The molecule has 0 amide bonds. The maximum Gasteiger partial charge on any atom is 0.303 e. The molecule has 3 atom stereocenters. The summed E-state index contributed by atoms with van der Waals surface area (Å²) in [5.74, 6) is -1.59. The zero-order chi connectivity index (χ0) is 26.4. The molecule has 8 heteroatoms. The van der Waals surface area contributed by atoms with Crippen molar-refractivity contribution in [2.75, 3.05) is 26.7 Å². The molecular formula is C29H34F2N2O4. The number of methoxy groups -OCH3 is 1. The summed E-state index contributed by atoms with van der Waals surface area (Å²) in [5, 5.41) is 21.4. The molecule has 2 aromatic carbocycles. The third-order valence-corrected chi connectivity index (χ3v) is 7.52. The average Bonchev–Trinajstić information content (AvgIpc) is 2.89. The van der Waals surface area contributed by atoms with E-state index in [0.717, 1.165) is 41.9 Å². The predicted molar refractivity (Wildman–Crippen MR) is 137 cm³/mol. The van der Waals surface area contributed by atoms with Crippen LogP contribution in [0.2, 0.25) is 0 Å². The third-order valence-electron chi connectivity index (χ3n) is 7.52. The number of benzene rings is 2. The number of halogens is 2. The Labute approximate surface area is 215 Å². The zero-order valence-corrected chi connectivity index (χ0v) is 21.1. The maximum atomic E-state index is 13.9. The number of carbonyl (C=O) groups is 1. The van der Waals surface area contributed by atoms with Gasteiger partial charge >= 0.3 is 5.97 Å². The van der Waals surface area contributed by atoms with E-state index in [4.69, 9.17) is 4.74 Å². The Morgan fingerprint density at radius 2 is 2.05 bits per heavy atom. The Morgan fingerprint density at radius 3 is 2.84 bits per heavy atom. The van der Waals surface area contributed by atoms with E-state index in [1.54, 1.807) is 19.4 Å². The molecule has 198 valence electrons. The van der Waals surface area contributed by atoms with Crippen molar-refractivity contribution in [2.45, 2.75) is 44.6 Å². The van der Waals surface area contributed by atoms with Gasteiger partial charge in [-0.1, -0.05) is 12.1 Å². The van der Waals surface area contributed by atoms with Gasteiger partial charge in [0, 0.05) is 24.5 Å². The summed E-state index contributed by atoms with van der Waals surface area (Å²) < 4.78 is 32.7. The Balaban J connectivity index is 1.35. The summed E-state index contributed by atoms with van der Waals surface area (Å²) >= 11 is 0. The second-order valence-electron chi connectivity index (χ2n) is 9.90. The molecule has 0 radical (unpaired) electrons. The van der Waals surface area contributed by atoms with Gasteiger partial charge in [-0.3, -0.25) is 9.78 Å². The molecular weight excluding hydrogens is 478 g/mol. The minimum atomic E-state index is -0.832. The Hall–Kier alpha value is -3.10. The lowest BCUT2D eigenvalue weighted by atomic mass is 9.79. The molecule has 0 spiro atoms. The Bertz CT molecular complexity index is 1220. The number of likely N-dealkylation sites (tertiary alicyclic amines) is 1. The number of fused-ring (bicyclic) bond motifs is 1. The highest BCUT2D eigenvalue weighted by Gasteiger charge is 2.31. The Kier molecular flexibility index (Phi) is 9.05. The highest BCUT2D eigenvalue weighted by atomic mass is 19.2. The highest BCUT2D eigenvalue weighted by Crippen LogP contribution is 2.35. The summed E-state index contributed by atoms with van der Waals surface area (Å²) in [5.41, 5.74) is 1.94. The van der Waals surface area contributed by atoms with Crippen LogP contribution in [-0.2, 0) is 11.2 Å². The van der Waals surface area contributed by atoms with Gasteiger partial charge in [0.2, 0.25) is 0 Å². The summed E-state index contributed by atoms with van der Waals surface area (Å²) in [6.45, 7) is 2.16. The van der Waals surface area contributed by atoms with E-state index in [-0.39, 0.29) is 18.3 Å². The summed E-state index contributed by atoms with van der Waals surface area (Å²) in [6, 6.07) is 11.6. The van der Waals surface area contributed by atoms with Gasteiger partial charge in [-0.05, 0) is 98.5 Å². The van der Waals surface area contributed by atoms with Crippen molar-refractivity contribution in [2.24, 2.45) is 11.8 Å². The first-order chi connectivity index (χ1) is 17.9. The second kappa shape index (κ2) is 12.4. The topological polar surface area (TPSA) is 82.9 Å². The van der Waals surface area contributed by atoms with E-state index < -0.39 is 23.7 Å². The monoisotopic (exact) mass is 512 g/mol. The number of aliphatic carboxylic acids is 1. The first-order valence-corrected chi connectivity index (χ1v) is 12.8. The van der Waals surface area contributed by atoms with Gasteiger partial charge in [-0.15, -0.1) is 0 Å². The molecule has 1 aliphatic heterocycles.